The Morgan fingerprint density at radius 3 is 2.74 bits per heavy atom. The van der Waals surface area contributed by atoms with Gasteiger partial charge in [-0.25, -0.2) is 9.97 Å². The van der Waals surface area contributed by atoms with Crippen LogP contribution in [0.4, 0.5) is 0 Å². The van der Waals surface area contributed by atoms with Crippen LogP contribution in [-0.2, 0) is 11.8 Å². The van der Waals surface area contributed by atoms with E-state index < -0.39 is 24.5 Å². The van der Waals surface area contributed by atoms with Crippen LogP contribution in [0.15, 0.2) is 18.6 Å². The normalized spacial score (nSPS) is 28.2. The molecule has 1 aliphatic heterocycles. The minimum atomic E-state index is -1.15. The minimum absolute atomic E-state index is 0.361. The van der Waals surface area contributed by atoms with Gasteiger partial charge >= 0.3 is 0 Å². The molecular formula is C15H18N4O4. The number of rotatable bonds is 2. The highest BCUT2D eigenvalue weighted by Gasteiger charge is 2.44. The quantitative estimate of drug-likeness (QED) is 0.606. The molecule has 0 aliphatic carbocycles. The highest BCUT2D eigenvalue weighted by molar-refractivity contribution is 6.06. The summed E-state index contributed by atoms with van der Waals surface area (Å²) in [6.07, 6.45) is -0.568. The van der Waals surface area contributed by atoms with Gasteiger partial charge in [-0.05, 0) is 13.0 Å². The highest BCUT2D eigenvalue weighted by atomic mass is 16.6. The van der Waals surface area contributed by atoms with Gasteiger partial charge < -0.3 is 24.6 Å². The zero-order valence-corrected chi connectivity index (χ0v) is 12.8. The first-order valence-electron chi connectivity index (χ1n) is 7.43. The lowest BCUT2D eigenvalue weighted by Gasteiger charge is -2.18. The van der Waals surface area contributed by atoms with Gasteiger partial charge in [0.05, 0.1) is 28.7 Å². The maximum absolute atomic E-state index is 10.4. The Kier molecular flexibility index (Phi) is 3.17. The molecular weight excluding hydrogens is 300 g/mol. The third kappa shape index (κ3) is 1.86. The van der Waals surface area contributed by atoms with E-state index in [1.807, 2.05) is 30.8 Å². The monoisotopic (exact) mass is 318 g/mol. The van der Waals surface area contributed by atoms with Crippen LogP contribution in [0.25, 0.3) is 22.1 Å². The molecule has 0 spiro atoms. The van der Waals surface area contributed by atoms with Gasteiger partial charge in [0.1, 0.15) is 30.3 Å². The van der Waals surface area contributed by atoms with Gasteiger partial charge in [0.15, 0.2) is 6.23 Å². The SMILES string of the molecule is Cc1ncnc2c1c1c(ccn1C)n2[C@@H]1O[C@H](CO)[C@@H](O)[C@H]1O. The van der Waals surface area contributed by atoms with Gasteiger partial charge in [-0.2, -0.15) is 0 Å². The first-order chi connectivity index (χ1) is 11.0. The van der Waals surface area contributed by atoms with E-state index in [0.29, 0.717) is 5.65 Å². The number of nitrogens with zero attached hydrogens (tertiary/aromatic N) is 4. The Labute approximate surface area is 131 Å². The standard InChI is InChI=1S/C15H18N4O4/c1-7-10-11-8(3-4-18(11)2)19(14(10)17-6-16-7)15-13(22)12(21)9(5-20)23-15/h3-4,6,9,12-13,15,20-22H,5H2,1-2H3/t9-,12-,13-,15-/m1/s1. The molecule has 23 heavy (non-hydrogen) atoms. The van der Waals surface area contributed by atoms with Crippen LogP contribution in [0.1, 0.15) is 11.9 Å². The van der Waals surface area contributed by atoms with Crippen molar-refractivity contribution in [2.75, 3.05) is 6.61 Å². The highest BCUT2D eigenvalue weighted by Crippen LogP contribution is 2.37. The lowest BCUT2D eigenvalue weighted by atomic mass is 10.1. The van der Waals surface area contributed by atoms with Crippen molar-refractivity contribution in [3.8, 4) is 0 Å². The molecule has 0 unspecified atom stereocenters. The van der Waals surface area contributed by atoms with E-state index in [-0.39, 0.29) is 6.61 Å². The predicted molar refractivity (Wildman–Crippen MR) is 81.8 cm³/mol. The van der Waals surface area contributed by atoms with Crippen molar-refractivity contribution in [2.45, 2.75) is 31.5 Å². The minimum Gasteiger partial charge on any atom is -0.394 e. The number of hydrogen-bond acceptors (Lipinski definition) is 6. The summed E-state index contributed by atoms with van der Waals surface area (Å²) in [6.45, 7) is 1.54. The number of fused-ring (bicyclic) bond motifs is 3. The van der Waals surface area contributed by atoms with Gasteiger partial charge in [0.2, 0.25) is 0 Å². The van der Waals surface area contributed by atoms with Crippen molar-refractivity contribution in [3.63, 3.8) is 0 Å². The molecule has 0 bridgehead atoms. The predicted octanol–water partition coefficient (Wildman–Crippen LogP) is -0.157. The summed E-state index contributed by atoms with van der Waals surface area (Å²) in [5, 5.41) is 30.6. The lowest BCUT2D eigenvalue weighted by molar-refractivity contribution is -0.0489. The van der Waals surface area contributed by atoms with Crippen LogP contribution in [0.2, 0.25) is 0 Å². The zero-order chi connectivity index (χ0) is 16.3. The van der Waals surface area contributed by atoms with Crippen molar-refractivity contribution in [1.29, 1.82) is 0 Å². The molecule has 3 N–H and O–H groups in total. The van der Waals surface area contributed by atoms with Gasteiger partial charge in [-0.3, -0.25) is 4.57 Å². The Morgan fingerprint density at radius 1 is 1.26 bits per heavy atom. The second-order valence-electron chi connectivity index (χ2n) is 5.92. The topological polar surface area (TPSA) is 106 Å². The number of aliphatic hydroxyl groups is 3. The van der Waals surface area contributed by atoms with E-state index in [0.717, 1.165) is 22.1 Å². The maximum atomic E-state index is 10.4. The second kappa shape index (κ2) is 5.00. The van der Waals surface area contributed by atoms with Crippen molar-refractivity contribution < 1.29 is 20.1 Å². The summed E-state index contributed by atoms with van der Waals surface area (Å²) in [5.41, 5.74) is 3.23. The Balaban J connectivity index is 2.01. The van der Waals surface area contributed by atoms with Crippen LogP contribution in [0.5, 0.6) is 0 Å². The van der Waals surface area contributed by atoms with E-state index in [9.17, 15) is 15.3 Å². The van der Waals surface area contributed by atoms with Gasteiger partial charge in [-0.1, -0.05) is 0 Å². The molecule has 0 saturated carbocycles. The van der Waals surface area contributed by atoms with E-state index >= 15 is 0 Å². The summed E-state index contributed by atoms with van der Waals surface area (Å²) in [6, 6.07) is 1.91. The first-order valence-corrected chi connectivity index (χ1v) is 7.43. The van der Waals surface area contributed by atoms with Crippen LogP contribution in [-0.4, -0.2) is 59.3 Å². The number of hydrogen-bond donors (Lipinski definition) is 3. The van der Waals surface area contributed by atoms with Gasteiger partial charge in [-0.15, -0.1) is 0 Å². The zero-order valence-electron chi connectivity index (χ0n) is 12.8. The summed E-state index contributed by atoms with van der Waals surface area (Å²) < 4.78 is 9.42. The number of aliphatic hydroxyl groups excluding tert-OH is 3. The van der Waals surface area contributed by atoms with Crippen LogP contribution >= 0.6 is 0 Å². The number of aromatic nitrogens is 4. The third-order valence-corrected chi connectivity index (χ3v) is 4.56. The molecule has 8 nitrogen and oxygen atoms in total. The molecule has 0 radical (unpaired) electrons. The average molecular weight is 318 g/mol. The molecule has 1 saturated heterocycles. The van der Waals surface area contributed by atoms with Crippen molar-refractivity contribution >= 4 is 22.1 Å². The fraction of sp³-hybridized carbons (Fsp3) is 0.467. The molecule has 4 atom stereocenters. The van der Waals surface area contributed by atoms with Gasteiger partial charge in [0, 0.05) is 13.2 Å². The average Bonchev–Trinajstić information content (AvgIpc) is 3.15. The molecule has 8 heteroatoms. The van der Waals surface area contributed by atoms with E-state index in [2.05, 4.69) is 9.97 Å². The maximum Gasteiger partial charge on any atom is 0.165 e. The van der Waals surface area contributed by atoms with E-state index in [1.54, 1.807) is 4.57 Å². The Morgan fingerprint density at radius 2 is 2.04 bits per heavy atom. The first kappa shape index (κ1) is 14.6. The summed E-state index contributed by atoms with van der Waals surface area (Å²) >= 11 is 0. The molecule has 0 aromatic carbocycles. The van der Waals surface area contributed by atoms with Gasteiger partial charge in [0.25, 0.3) is 0 Å². The number of aryl methyl sites for hydroxylation is 2. The molecule has 0 amide bonds. The fourth-order valence-corrected chi connectivity index (χ4v) is 3.40. The van der Waals surface area contributed by atoms with Crippen molar-refractivity contribution in [3.05, 3.63) is 24.3 Å². The molecule has 4 heterocycles. The lowest BCUT2D eigenvalue weighted by Crippen LogP contribution is -2.33. The Bertz CT molecular complexity index is 886. The molecule has 3 aromatic rings. The third-order valence-electron chi connectivity index (χ3n) is 4.56. The van der Waals surface area contributed by atoms with Crippen molar-refractivity contribution in [2.24, 2.45) is 7.05 Å². The van der Waals surface area contributed by atoms with E-state index in [1.165, 1.54) is 6.33 Å². The van der Waals surface area contributed by atoms with Crippen LogP contribution in [0.3, 0.4) is 0 Å². The molecule has 3 aromatic heterocycles. The van der Waals surface area contributed by atoms with Crippen LogP contribution < -0.4 is 0 Å². The van der Waals surface area contributed by atoms with Crippen LogP contribution in [0, 0.1) is 6.92 Å². The molecule has 122 valence electrons. The Hall–Kier alpha value is -2.00. The number of ether oxygens (including phenoxy) is 1. The van der Waals surface area contributed by atoms with E-state index in [4.69, 9.17) is 4.74 Å². The smallest absolute Gasteiger partial charge is 0.165 e. The summed E-state index contributed by atoms with van der Waals surface area (Å²) in [7, 11) is 1.93. The molecule has 4 rings (SSSR count). The largest absolute Gasteiger partial charge is 0.394 e. The second-order valence-corrected chi connectivity index (χ2v) is 5.92. The summed E-state index contributed by atoms with van der Waals surface area (Å²) in [4.78, 5) is 8.60. The molecule has 1 fully saturated rings. The molecule has 1 aliphatic rings. The summed E-state index contributed by atoms with van der Waals surface area (Å²) in [5.74, 6) is 0. The van der Waals surface area contributed by atoms with Crippen molar-refractivity contribution in [1.82, 2.24) is 19.1 Å². The fourth-order valence-electron chi connectivity index (χ4n) is 3.40.